The van der Waals surface area contributed by atoms with Crippen molar-refractivity contribution in [3.8, 4) is 5.75 Å². The van der Waals surface area contributed by atoms with Crippen molar-refractivity contribution >= 4 is 39.1 Å². The Labute approximate surface area is 182 Å². The van der Waals surface area contributed by atoms with E-state index in [1.807, 2.05) is 30.3 Å². The lowest BCUT2D eigenvalue weighted by molar-refractivity contribution is -0.132. The molecule has 3 aromatic rings. The average molecular weight is 464 g/mol. The molecule has 0 aliphatic carbocycles. The van der Waals surface area contributed by atoms with Crippen LogP contribution in [0.4, 0.5) is 5.69 Å². The van der Waals surface area contributed by atoms with Crippen LogP contribution >= 0.6 is 15.9 Å². The molecule has 150 valence electrons. The molecule has 0 spiro atoms. The molecule has 0 saturated carbocycles. The standard InChI is InChI=1S/C24H18BrNO4/c1-30-19-13-11-18(12-14-19)26-21(15-7-9-17(25)10-8-15)20(23(28)24(26)29)22(27)16-5-3-2-4-6-16/h2-14,21,27H,1H3/b22-20+/t21-/m0/s1. The van der Waals surface area contributed by atoms with E-state index in [9.17, 15) is 14.7 Å². The van der Waals surface area contributed by atoms with Crippen molar-refractivity contribution in [3.05, 3.63) is 100 Å². The third-order valence-corrected chi connectivity index (χ3v) is 5.56. The summed E-state index contributed by atoms with van der Waals surface area (Å²) in [5, 5.41) is 11.0. The third kappa shape index (κ3) is 3.50. The summed E-state index contributed by atoms with van der Waals surface area (Å²) in [6.45, 7) is 0. The first-order valence-electron chi connectivity index (χ1n) is 9.27. The van der Waals surface area contributed by atoms with Gasteiger partial charge in [0.05, 0.1) is 18.7 Å². The van der Waals surface area contributed by atoms with Gasteiger partial charge in [-0.15, -0.1) is 0 Å². The van der Waals surface area contributed by atoms with Gasteiger partial charge in [0.2, 0.25) is 0 Å². The number of ether oxygens (including phenoxy) is 1. The number of carbonyl (C=O) groups excluding carboxylic acids is 2. The lowest BCUT2D eigenvalue weighted by Gasteiger charge is -2.25. The van der Waals surface area contributed by atoms with Crippen molar-refractivity contribution in [2.45, 2.75) is 6.04 Å². The van der Waals surface area contributed by atoms with Crippen LogP contribution in [-0.4, -0.2) is 23.9 Å². The number of amides is 1. The van der Waals surface area contributed by atoms with Crippen molar-refractivity contribution < 1.29 is 19.4 Å². The Morgan fingerprint density at radius 2 is 1.57 bits per heavy atom. The number of hydrogen-bond acceptors (Lipinski definition) is 4. The Balaban J connectivity index is 1.92. The number of anilines is 1. The topological polar surface area (TPSA) is 66.8 Å². The second kappa shape index (κ2) is 8.16. The summed E-state index contributed by atoms with van der Waals surface area (Å²) in [5.74, 6) is -0.969. The fourth-order valence-corrected chi connectivity index (χ4v) is 3.82. The largest absolute Gasteiger partial charge is 0.507 e. The van der Waals surface area contributed by atoms with E-state index in [2.05, 4.69) is 15.9 Å². The number of carbonyl (C=O) groups is 2. The van der Waals surface area contributed by atoms with Crippen LogP contribution in [-0.2, 0) is 9.59 Å². The van der Waals surface area contributed by atoms with E-state index in [0.717, 1.165) is 4.47 Å². The van der Waals surface area contributed by atoms with Gasteiger partial charge in [0.1, 0.15) is 11.5 Å². The van der Waals surface area contributed by atoms with Gasteiger partial charge in [0, 0.05) is 15.7 Å². The Morgan fingerprint density at radius 1 is 0.933 bits per heavy atom. The lowest BCUT2D eigenvalue weighted by Crippen LogP contribution is -2.29. The number of ketones is 1. The zero-order chi connectivity index (χ0) is 21.3. The zero-order valence-corrected chi connectivity index (χ0v) is 17.7. The molecule has 0 unspecified atom stereocenters. The molecule has 1 N–H and O–H groups in total. The van der Waals surface area contributed by atoms with E-state index in [-0.39, 0.29) is 11.3 Å². The van der Waals surface area contributed by atoms with Crippen molar-refractivity contribution in [2.75, 3.05) is 12.0 Å². The van der Waals surface area contributed by atoms with Crippen LogP contribution in [0.2, 0.25) is 0 Å². The smallest absolute Gasteiger partial charge is 0.300 e. The van der Waals surface area contributed by atoms with E-state index in [1.54, 1.807) is 55.6 Å². The third-order valence-electron chi connectivity index (χ3n) is 5.03. The molecule has 1 heterocycles. The Morgan fingerprint density at radius 3 is 2.17 bits per heavy atom. The van der Waals surface area contributed by atoms with Gasteiger partial charge in [0.25, 0.3) is 11.7 Å². The van der Waals surface area contributed by atoms with E-state index in [0.29, 0.717) is 22.6 Å². The van der Waals surface area contributed by atoms with Gasteiger partial charge >= 0.3 is 0 Å². The first-order valence-corrected chi connectivity index (χ1v) is 10.1. The minimum Gasteiger partial charge on any atom is -0.507 e. The van der Waals surface area contributed by atoms with Crippen LogP contribution in [0.3, 0.4) is 0 Å². The summed E-state index contributed by atoms with van der Waals surface area (Å²) in [6.07, 6.45) is 0. The predicted octanol–water partition coefficient (Wildman–Crippen LogP) is 5.08. The summed E-state index contributed by atoms with van der Waals surface area (Å²) in [4.78, 5) is 27.5. The highest BCUT2D eigenvalue weighted by molar-refractivity contribution is 9.10. The fourth-order valence-electron chi connectivity index (χ4n) is 3.55. The second-order valence-electron chi connectivity index (χ2n) is 6.78. The number of aliphatic hydroxyl groups is 1. The van der Waals surface area contributed by atoms with Crippen LogP contribution in [0, 0.1) is 0 Å². The van der Waals surface area contributed by atoms with E-state index in [1.165, 1.54) is 4.90 Å². The lowest BCUT2D eigenvalue weighted by atomic mass is 9.95. The van der Waals surface area contributed by atoms with Gasteiger partial charge in [-0.25, -0.2) is 0 Å². The second-order valence-corrected chi connectivity index (χ2v) is 7.70. The number of rotatable bonds is 4. The molecule has 0 radical (unpaired) electrons. The van der Waals surface area contributed by atoms with Gasteiger partial charge < -0.3 is 9.84 Å². The highest BCUT2D eigenvalue weighted by Gasteiger charge is 2.46. The maximum atomic E-state index is 13.0. The molecule has 3 aromatic carbocycles. The molecule has 1 aliphatic rings. The molecule has 1 aliphatic heterocycles. The number of nitrogens with zero attached hydrogens (tertiary/aromatic N) is 1. The van der Waals surface area contributed by atoms with Crippen molar-refractivity contribution in [1.82, 2.24) is 0 Å². The Hall–Kier alpha value is -3.38. The Kier molecular flexibility index (Phi) is 5.42. The van der Waals surface area contributed by atoms with E-state index < -0.39 is 17.7 Å². The molecule has 1 saturated heterocycles. The normalized spacial score (nSPS) is 17.9. The molecule has 1 atom stereocenters. The van der Waals surface area contributed by atoms with Crippen molar-refractivity contribution in [3.63, 3.8) is 0 Å². The summed E-state index contributed by atoms with van der Waals surface area (Å²) in [6, 6.07) is 22.2. The van der Waals surface area contributed by atoms with E-state index in [4.69, 9.17) is 4.74 Å². The van der Waals surface area contributed by atoms with Crippen LogP contribution < -0.4 is 9.64 Å². The molecule has 1 amide bonds. The monoisotopic (exact) mass is 463 g/mol. The van der Waals surface area contributed by atoms with Crippen molar-refractivity contribution in [1.29, 1.82) is 0 Å². The number of aliphatic hydroxyl groups excluding tert-OH is 1. The minimum absolute atomic E-state index is 0.0596. The molecule has 6 heteroatoms. The number of benzene rings is 3. The van der Waals surface area contributed by atoms with E-state index >= 15 is 0 Å². The molecule has 1 fully saturated rings. The van der Waals surface area contributed by atoms with Gasteiger partial charge in [-0.1, -0.05) is 58.4 Å². The Bertz CT molecular complexity index is 1120. The minimum atomic E-state index is -0.758. The molecule has 5 nitrogen and oxygen atoms in total. The molecular weight excluding hydrogens is 446 g/mol. The number of Topliss-reactive ketones (excluding diaryl/α,β-unsaturated/α-hetero) is 1. The highest BCUT2D eigenvalue weighted by atomic mass is 79.9. The highest BCUT2D eigenvalue weighted by Crippen LogP contribution is 2.42. The summed E-state index contributed by atoms with van der Waals surface area (Å²) < 4.78 is 6.07. The zero-order valence-electron chi connectivity index (χ0n) is 16.1. The SMILES string of the molecule is COc1ccc(N2C(=O)C(=O)/C(=C(/O)c3ccccc3)[C@@H]2c2ccc(Br)cc2)cc1. The molecular formula is C24H18BrNO4. The van der Waals surface area contributed by atoms with Gasteiger partial charge in [-0.05, 0) is 42.0 Å². The average Bonchev–Trinajstić information content (AvgIpc) is 3.05. The molecule has 0 aromatic heterocycles. The van der Waals surface area contributed by atoms with Crippen LogP contribution in [0.25, 0.3) is 5.76 Å². The van der Waals surface area contributed by atoms with Crippen LogP contribution in [0.5, 0.6) is 5.75 Å². The molecule has 4 rings (SSSR count). The maximum absolute atomic E-state index is 13.0. The van der Waals surface area contributed by atoms with Crippen LogP contribution in [0.15, 0.2) is 88.9 Å². The maximum Gasteiger partial charge on any atom is 0.300 e. The first kappa shape index (κ1) is 19.9. The number of halogens is 1. The predicted molar refractivity (Wildman–Crippen MR) is 118 cm³/mol. The summed E-state index contributed by atoms with van der Waals surface area (Å²) in [7, 11) is 1.56. The first-order chi connectivity index (χ1) is 14.5. The fraction of sp³-hybridized carbons (Fsp3) is 0.0833. The van der Waals surface area contributed by atoms with Gasteiger partial charge in [0.15, 0.2) is 0 Å². The van der Waals surface area contributed by atoms with Gasteiger partial charge in [-0.3, -0.25) is 14.5 Å². The molecule has 30 heavy (non-hydrogen) atoms. The summed E-state index contributed by atoms with van der Waals surface area (Å²) in [5.41, 5.74) is 1.79. The van der Waals surface area contributed by atoms with Crippen molar-refractivity contribution in [2.24, 2.45) is 0 Å². The number of hydrogen-bond donors (Lipinski definition) is 1. The van der Waals surface area contributed by atoms with Gasteiger partial charge in [-0.2, -0.15) is 0 Å². The number of methoxy groups -OCH3 is 1. The molecule has 0 bridgehead atoms. The summed E-state index contributed by atoms with van der Waals surface area (Å²) >= 11 is 3.41. The quantitative estimate of drug-likeness (QED) is 0.332. The van der Waals surface area contributed by atoms with Crippen LogP contribution in [0.1, 0.15) is 17.2 Å².